The smallest absolute Gasteiger partial charge is 0.214 e. The Kier molecular flexibility index (Phi) is 3.98. The standard InChI is InChI=1S/C16H26N4O2S/c1-18-16(13-5-6-13)14(10-17-18)11-19-7-2-4-15(12-19)20-8-3-9-23(20,21)22/h10,13,15H,2-9,11-12H2,1H3. The van der Waals surface area contributed by atoms with Crippen LogP contribution in [0.1, 0.15) is 49.3 Å². The van der Waals surface area contributed by atoms with Gasteiger partial charge in [0.1, 0.15) is 0 Å². The van der Waals surface area contributed by atoms with E-state index >= 15 is 0 Å². The number of likely N-dealkylation sites (tertiary alicyclic amines) is 1. The molecule has 6 nitrogen and oxygen atoms in total. The van der Waals surface area contributed by atoms with E-state index in [-0.39, 0.29) is 6.04 Å². The first-order valence-electron chi connectivity index (χ1n) is 8.77. The van der Waals surface area contributed by atoms with Crippen LogP contribution in [0.4, 0.5) is 0 Å². The summed E-state index contributed by atoms with van der Waals surface area (Å²) in [5, 5.41) is 4.45. The van der Waals surface area contributed by atoms with E-state index in [1.54, 1.807) is 4.31 Å². The lowest BCUT2D eigenvalue weighted by atomic mass is 10.0. The lowest BCUT2D eigenvalue weighted by molar-refractivity contribution is 0.146. The van der Waals surface area contributed by atoms with Crippen LogP contribution in [0.3, 0.4) is 0 Å². The van der Waals surface area contributed by atoms with E-state index in [2.05, 4.69) is 10.00 Å². The summed E-state index contributed by atoms with van der Waals surface area (Å²) in [7, 11) is -0.966. The zero-order valence-electron chi connectivity index (χ0n) is 13.8. The van der Waals surface area contributed by atoms with Crippen molar-refractivity contribution >= 4 is 10.0 Å². The van der Waals surface area contributed by atoms with Gasteiger partial charge in [0.15, 0.2) is 0 Å². The lowest BCUT2D eigenvalue weighted by Crippen LogP contribution is -2.48. The predicted molar refractivity (Wildman–Crippen MR) is 88.6 cm³/mol. The van der Waals surface area contributed by atoms with Crippen molar-refractivity contribution in [2.75, 3.05) is 25.4 Å². The summed E-state index contributed by atoms with van der Waals surface area (Å²) < 4.78 is 28.1. The summed E-state index contributed by atoms with van der Waals surface area (Å²) in [6, 6.07) is 0.164. The van der Waals surface area contributed by atoms with Gasteiger partial charge < -0.3 is 0 Å². The number of aryl methyl sites for hydroxylation is 1. The summed E-state index contributed by atoms with van der Waals surface area (Å²) in [5.41, 5.74) is 2.72. The normalized spacial score (nSPS) is 29.2. The molecule has 0 radical (unpaired) electrons. The minimum atomic E-state index is -3.00. The van der Waals surface area contributed by atoms with Gasteiger partial charge in [0.05, 0.1) is 11.9 Å². The van der Waals surface area contributed by atoms with Gasteiger partial charge in [0, 0.05) is 49.9 Å². The van der Waals surface area contributed by atoms with Gasteiger partial charge in [-0.3, -0.25) is 9.58 Å². The van der Waals surface area contributed by atoms with Gasteiger partial charge >= 0.3 is 0 Å². The maximum atomic E-state index is 12.2. The van der Waals surface area contributed by atoms with E-state index < -0.39 is 10.0 Å². The van der Waals surface area contributed by atoms with Crippen molar-refractivity contribution in [1.82, 2.24) is 19.0 Å². The molecule has 3 aliphatic rings. The Bertz CT molecular complexity index is 680. The van der Waals surface area contributed by atoms with Crippen molar-refractivity contribution in [3.05, 3.63) is 17.5 Å². The highest BCUT2D eigenvalue weighted by molar-refractivity contribution is 7.89. The van der Waals surface area contributed by atoms with Crippen LogP contribution in [0.2, 0.25) is 0 Å². The van der Waals surface area contributed by atoms with Gasteiger partial charge in [-0.25, -0.2) is 8.42 Å². The molecule has 0 N–H and O–H groups in total. The van der Waals surface area contributed by atoms with Crippen LogP contribution in [0.5, 0.6) is 0 Å². The fourth-order valence-electron chi connectivity index (χ4n) is 4.22. The third-order valence-corrected chi connectivity index (χ3v) is 7.45. The fraction of sp³-hybridized carbons (Fsp3) is 0.812. The summed E-state index contributed by atoms with van der Waals surface area (Å²) >= 11 is 0. The predicted octanol–water partition coefficient (Wildman–Crippen LogP) is 1.30. The number of aromatic nitrogens is 2. The zero-order valence-corrected chi connectivity index (χ0v) is 14.6. The molecular weight excluding hydrogens is 312 g/mol. The SMILES string of the molecule is Cn1ncc(CN2CCCC(N3CCCS3(=O)=O)C2)c1C1CC1. The monoisotopic (exact) mass is 338 g/mol. The third kappa shape index (κ3) is 3.06. The molecule has 0 aromatic carbocycles. The number of rotatable bonds is 4. The van der Waals surface area contributed by atoms with Gasteiger partial charge in [0.2, 0.25) is 10.0 Å². The van der Waals surface area contributed by atoms with Gasteiger partial charge in [-0.05, 0) is 38.6 Å². The first-order valence-corrected chi connectivity index (χ1v) is 10.4. The number of piperidine rings is 1. The summed E-state index contributed by atoms with van der Waals surface area (Å²) in [5.74, 6) is 1.02. The molecule has 2 aliphatic heterocycles. The molecule has 1 aliphatic carbocycles. The van der Waals surface area contributed by atoms with Crippen LogP contribution < -0.4 is 0 Å². The number of hydrogen-bond donors (Lipinski definition) is 0. The molecule has 2 saturated heterocycles. The largest absolute Gasteiger partial charge is 0.297 e. The topological polar surface area (TPSA) is 58.4 Å². The average molecular weight is 338 g/mol. The van der Waals surface area contributed by atoms with Crippen molar-refractivity contribution < 1.29 is 8.42 Å². The zero-order chi connectivity index (χ0) is 16.0. The molecule has 1 aromatic rings. The quantitative estimate of drug-likeness (QED) is 0.830. The van der Waals surface area contributed by atoms with Crippen LogP contribution >= 0.6 is 0 Å². The van der Waals surface area contributed by atoms with Crippen molar-refractivity contribution in [2.45, 2.75) is 50.6 Å². The summed E-state index contributed by atoms with van der Waals surface area (Å²) in [6.07, 6.45) is 7.42. The molecule has 23 heavy (non-hydrogen) atoms. The molecule has 7 heteroatoms. The summed E-state index contributed by atoms with van der Waals surface area (Å²) in [6.45, 7) is 3.53. The number of sulfonamides is 1. The molecule has 0 spiro atoms. The molecule has 1 saturated carbocycles. The minimum absolute atomic E-state index is 0.164. The molecule has 1 aromatic heterocycles. The van der Waals surface area contributed by atoms with Crippen LogP contribution in [-0.2, 0) is 23.6 Å². The Morgan fingerprint density at radius 2 is 2.04 bits per heavy atom. The van der Waals surface area contributed by atoms with E-state index in [0.29, 0.717) is 18.2 Å². The van der Waals surface area contributed by atoms with E-state index in [0.717, 1.165) is 38.9 Å². The molecule has 4 rings (SSSR count). The van der Waals surface area contributed by atoms with Crippen LogP contribution in [0.15, 0.2) is 6.20 Å². The van der Waals surface area contributed by atoms with Crippen molar-refractivity contribution in [1.29, 1.82) is 0 Å². The van der Waals surface area contributed by atoms with Crippen molar-refractivity contribution in [2.24, 2.45) is 7.05 Å². The number of nitrogens with zero attached hydrogens (tertiary/aromatic N) is 4. The molecule has 3 heterocycles. The second kappa shape index (κ2) is 5.86. The Balaban J connectivity index is 1.46. The molecule has 128 valence electrons. The highest BCUT2D eigenvalue weighted by atomic mass is 32.2. The van der Waals surface area contributed by atoms with Crippen LogP contribution in [-0.4, -0.2) is 58.8 Å². The Labute approximate surface area is 138 Å². The Morgan fingerprint density at radius 1 is 1.22 bits per heavy atom. The third-order valence-electron chi connectivity index (χ3n) is 5.45. The number of hydrogen-bond acceptors (Lipinski definition) is 4. The van der Waals surface area contributed by atoms with E-state index in [1.165, 1.54) is 24.1 Å². The molecule has 1 unspecified atom stereocenters. The second-order valence-corrected chi connectivity index (χ2v) is 9.31. The highest BCUT2D eigenvalue weighted by Gasteiger charge is 2.37. The molecule has 1 atom stereocenters. The molecular formula is C16H26N4O2S. The maximum absolute atomic E-state index is 12.2. The van der Waals surface area contributed by atoms with Gasteiger partial charge in [-0.15, -0.1) is 0 Å². The first-order chi connectivity index (χ1) is 11.0. The maximum Gasteiger partial charge on any atom is 0.214 e. The van der Waals surface area contributed by atoms with E-state index in [9.17, 15) is 8.42 Å². The van der Waals surface area contributed by atoms with Gasteiger partial charge in [-0.2, -0.15) is 9.40 Å². The first kappa shape index (κ1) is 15.6. The molecule has 3 fully saturated rings. The van der Waals surface area contributed by atoms with Gasteiger partial charge in [-0.1, -0.05) is 0 Å². The Morgan fingerprint density at radius 3 is 2.74 bits per heavy atom. The fourth-order valence-corrected chi connectivity index (χ4v) is 5.98. The summed E-state index contributed by atoms with van der Waals surface area (Å²) in [4.78, 5) is 2.42. The van der Waals surface area contributed by atoms with Crippen molar-refractivity contribution in [3.8, 4) is 0 Å². The lowest BCUT2D eigenvalue weighted by Gasteiger charge is -2.36. The van der Waals surface area contributed by atoms with E-state index in [4.69, 9.17) is 0 Å². The van der Waals surface area contributed by atoms with Crippen LogP contribution in [0, 0.1) is 0 Å². The average Bonchev–Trinajstić information content (AvgIpc) is 3.19. The Hall–Kier alpha value is -0.920. The molecule has 0 bridgehead atoms. The van der Waals surface area contributed by atoms with E-state index in [1.807, 2.05) is 17.9 Å². The van der Waals surface area contributed by atoms with Crippen molar-refractivity contribution in [3.63, 3.8) is 0 Å². The van der Waals surface area contributed by atoms with Gasteiger partial charge in [0.25, 0.3) is 0 Å². The second-order valence-electron chi connectivity index (χ2n) is 7.26. The minimum Gasteiger partial charge on any atom is -0.297 e. The molecule has 0 amide bonds. The highest BCUT2D eigenvalue weighted by Crippen LogP contribution is 2.41. The van der Waals surface area contributed by atoms with Crippen LogP contribution in [0.25, 0.3) is 0 Å².